The molecule has 27 heavy (non-hydrogen) atoms. The Balaban J connectivity index is 1.31. The summed E-state index contributed by atoms with van der Waals surface area (Å²) in [6, 6.07) is 4.75. The fourth-order valence-electron chi connectivity index (χ4n) is 4.80. The van der Waals surface area contributed by atoms with Gasteiger partial charge in [-0.25, -0.2) is 9.97 Å². The number of pyridine rings is 2. The number of fused-ring (bicyclic) bond motifs is 3. The largest absolute Gasteiger partial charge is 0.360 e. The van der Waals surface area contributed by atoms with E-state index in [9.17, 15) is 4.79 Å². The lowest BCUT2D eigenvalue weighted by atomic mass is 9.76. The number of aromatic amines is 1. The van der Waals surface area contributed by atoms with Crippen molar-refractivity contribution in [3.8, 4) is 0 Å². The van der Waals surface area contributed by atoms with Crippen molar-refractivity contribution >= 4 is 27.8 Å². The van der Waals surface area contributed by atoms with Crippen LogP contribution in [-0.4, -0.2) is 26.9 Å². The van der Waals surface area contributed by atoms with Crippen LogP contribution in [0.2, 0.25) is 0 Å². The van der Waals surface area contributed by atoms with E-state index in [-0.39, 0.29) is 5.91 Å². The molecule has 5 heteroatoms. The van der Waals surface area contributed by atoms with Crippen molar-refractivity contribution in [1.29, 1.82) is 0 Å². The number of hydrogen-bond donors (Lipinski definition) is 2. The van der Waals surface area contributed by atoms with Crippen LogP contribution in [0.1, 0.15) is 62.8 Å². The number of nitrogens with one attached hydrogen (secondary N) is 2. The van der Waals surface area contributed by atoms with Crippen LogP contribution in [0.5, 0.6) is 0 Å². The summed E-state index contributed by atoms with van der Waals surface area (Å²) >= 11 is 0. The first kappa shape index (κ1) is 16.7. The standard InChI is InChI=1S/C22H26N4O/c27-20(26-16-2-1-3-16)12-14-4-6-15(7-5-14)17-8-10-23-19-13-25-22-18(21(17)19)9-11-24-22/h8-11,13-16,23H,1-7,12H2,(H,26,27). The summed E-state index contributed by atoms with van der Waals surface area (Å²) in [5, 5.41) is 5.60. The minimum Gasteiger partial charge on any atom is -0.360 e. The van der Waals surface area contributed by atoms with Crippen LogP contribution < -0.4 is 5.32 Å². The highest BCUT2D eigenvalue weighted by atomic mass is 16.1. The summed E-state index contributed by atoms with van der Waals surface area (Å²) in [5.41, 5.74) is 3.31. The van der Waals surface area contributed by atoms with Gasteiger partial charge in [-0.15, -0.1) is 0 Å². The number of carbonyl (C=O) groups excluding carboxylic acids is 1. The minimum atomic E-state index is 0.263. The Hall–Kier alpha value is -2.43. The molecule has 0 saturated heterocycles. The molecule has 3 aromatic heterocycles. The molecule has 0 bridgehead atoms. The van der Waals surface area contributed by atoms with Gasteiger partial charge in [0.25, 0.3) is 0 Å². The van der Waals surface area contributed by atoms with Crippen LogP contribution in [-0.2, 0) is 4.79 Å². The first-order valence-electron chi connectivity index (χ1n) is 10.3. The van der Waals surface area contributed by atoms with E-state index in [4.69, 9.17) is 0 Å². The number of amides is 1. The van der Waals surface area contributed by atoms with Crippen LogP contribution in [0.15, 0.2) is 30.7 Å². The molecule has 2 fully saturated rings. The maximum atomic E-state index is 12.2. The van der Waals surface area contributed by atoms with Gasteiger partial charge in [0.05, 0.1) is 11.7 Å². The average Bonchev–Trinajstić information content (AvgIpc) is 3.14. The predicted molar refractivity (Wildman–Crippen MR) is 106 cm³/mol. The zero-order valence-corrected chi connectivity index (χ0v) is 15.6. The van der Waals surface area contributed by atoms with Gasteiger partial charge in [0.2, 0.25) is 5.91 Å². The Morgan fingerprint density at radius 2 is 1.96 bits per heavy atom. The quantitative estimate of drug-likeness (QED) is 0.720. The van der Waals surface area contributed by atoms with Gasteiger partial charge >= 0.3 is 0 Å². The van der Waals surface area contributed by atoms with Crippen molar-refractivity contribution in [3.05, 3.63) is 36.3 Å². The number of rotatable bonds is 4. The van der Waals surface area contributed by atoms with Gasteiger partial charge in [0, 0.05) is 35.6 Å². The molecular weight excluding hydrogens is 336 g/mol. The Labute approximate surface area is 159 Å². The number of aromatic nitrogens is 3. The third-order valence-electron chi connectivity index (χ3n) is 6.55. The fraction of sp³-hybridized carbons (Fsp3) is 0.500. The molecular formula is C22H26N4O. The molecule has 2 aliphatic rings. The van der Waals surface area contributed by atoms with Gasteiger partial charge in [-0.3, -0.25) is 4.79 Å². The highest BCUT2D eigenvalue weighted by Crippen LogP contribution is 2.40. The summed E-state index contributed by atoms with van der Waals surface area (Å²) < 4.78 is 0. The molecule has 3 aromatic rings. The number of hydrogen-bond acceptors (Lipinski definition) is 3. The lowest BCUT2D eigenvalue weighted by Crippen LogP contribution is -2.40. The monoisotopic (exact) mass is 362 g/mol. The van der Waals surface area contributed by atoms with Crippen LogP contribution >= 0.6 is 0 Å². The van der Waals surface area contributed by atoms with Crippen LogP contribution in [0.25, 0.3) is 21.9 Å². The maximum absolute atomic E-state index is 12.2. The first-order chi connectivity index (χ1) is 13.3. The molecule has 0 unspecified atom stereocenters. The van der Waals surface area contributed by atoms with Crippen molar-refractivity contribution in [2.75, 3.05) is 0 Å². The smallest absolute Gasteiger partial charge is 0.220 e. The molecule has 5 nitrogen and oxygen atoms in total. The maximum Gasteiger partial charge on any atom is 0.220 e. The zero-order chi connectivity index (χ0) is 18.2. The molecule has 0 aliphatic heterocycles. The molecule has 0 radical (unpaired) electrons. The summed E-state index contributed by atoms with van der Waals surface area (Å²) in [4.78, 5) is 24.4. The van der Waals surface area contributed by atoms with E-state index in [1.807, 2.05) is 18.6 Å². The van der Waals surface area contributed by atoms with Gasteiger partial charge in [-0.05, 0) is 74.5 Å². The number of carbonyl (C=O) groups is 1. The molecule has 3 heterocycles. The Kier molecular flexibility index (Phi) is 4.30. The van der Waals surface area contributed by atoms with Crippen molar-refractivity contribution in [2.45, 2.75) is 63.3 Å². The summed E-state index contributed by atoms with van der Waals surface area (Å²) in [7, 11) is 0. The zero-order valence-electron chi connectivity index (χ0n) is 15.6. The van der Waals surface area contributed by atoms with E-state index in [0.29, 0.717) is 24.3 Å². The predicted octanol–water partition coefficient (Wildman–Crippen LogP) is 4.44. The number of H-pyrrole nitrogens is 1. The molecule has 1 amide bonds. The summed E-state index contributed by atoms with van der Waals surface area (Å²) in [5.74, 6) is 1.34. The Morgan fingerprint density at radius 3 is 2.74 bits per heavy atom. The van der Waals surface area contributed by atoms with Crippen LogP contribution in [0, 0.1) is 5.92 Å². The summed E-state index contributed by atoms with van der Waals surface area (Å²) in [6.45, 7) is 0. The molecule has 0 atom stereocenters. The highest BCUT2D eigenvalue weighted by molar-refractivity contribution is 6.05. The van der Waals surface area contributed by atoms with Crippen molar-refractivity contribution in [3.63, 3.8) is 0 Å². The van der Waals surface area contributed by atoms with Gasteiger partial charge in [0.15, 0.2) is 5.65 Å². The highest BCUT2D eigenvalue weighted by Gasteiger charge is 2.27. The third kappa shape index (κ3) is 3.20. The normalized spacial score (nSPS) is 23.4. The average molecular weight is 362 g/mol. The van der Waals surface area contributed by atoms with Crippen LogP contribution in [0.4, 0.5) is 0 Å². The van der Waals surface area contributed by atoms with Gasteiger partial charge in [0.1, 0.15) is 0 Å². The molecule has 0 aromatic carbocycles. The topological polar surface area (TPSA) is 70.7 Å². The molecule has 2 aliphatic carbocycles. The second-order valence-corrected chi connectivity index (χ2v) is 8.28. The third-order valence-corrected chi connectivity index (χ3v) is 6.55. The number of nitrogens with zero attached hydrogens (tertiary/aromatic N) is 2. The molecule has 140 valence electrons. The van der Waals surface area contributed by atoms with E-state index in [2.05, 4.69) is 32.4 Å². The molecule has 2 saturated carbocycles. The van der Waals surface area contributed by atoms with Crippen LogP contribution in [0.3, 0.4) is 0 Å². The van der Waals surface area contributed by atoms with Crippen molar-refractivity contribution in [1.82, 2.24) is 20.3 Å². The Bertz CT molecular complexity index is 967. The Morgan fingerprint density at radius 1 is 1.11 bits per heavy atom. The molecule has 0 spiro atoms. The van der Waals surface area contributed by atoms with Crippen molar-refractivity contribution in [2.24, 2.45) is 5.92 Å². The van der Waals surface area contributed by atoms with E-state index in [0.717, 1.165) is 55.1 Å². The van der Waals surface area contributed by atoms with E-state index in [1.54, 1.807) is 0 Å². The van der Waals surface area contributed by atoms with Gasteiger partial charge in [-0.1, -0.05) is 0 Å². The minimum absolute atomic E-state index is 0.263. The van der Waals surface area contributed by atoms with Crippen molar-refractivity contribution < 1.29 is 4.79 Å². The second kappa shape index (κ2) is 6.95. The molecule has 2 N–H and O–H groups in total. The molecule has 5 rings (SSSR count). The SMILES string of the molecule is O=C(CC1CCC(c2cc[nH]c3cnc4nccc4c23)CC1)NC1CCC1. The van der Waals surface area contributed by atoms with E-state index >= 15 is 0 Å². The van der Waals surface area contributed by atoms with E-state index in [1.165, 1.54) is 17.4 Å². The van der Waals surface area contributed by atoms with Gasteiger partial charge < -0.3 is 10.3 Å². The second-order valence-electron chi connectivity index (χ2n) is 8.28. The fourth-order valence-corrected chi connectivity index (χ4v) is 4.80. The van der Waals surface area contributed by atoms with E-state index < -0.39 is 0 Å². The first-order valence-corrected chi connectivity index (χ1v) is 10.3. The van der Waals surface area contributed by atoms with Gasteiger partial charge in [-0.2, -0.15) is 0 Å². The lowest BCUT2D eigenvalue weighted by Gasteiger charge is -2.31. The lowest BCUT2D eigenvalue weighted by molar-refractivity contribution is -0.123. The summed E-state index contributed by atoms with van der Waals surface area (Å²) in [6.07, 6.45) is 14.6.